The van der Waals surface area contributed by atoms with E-state index in [-0.39, 0.29) is 6.04 Å². The average molecular weight is 191 g/mol. The van der Waals surface area contributed by atoms with Gasteiger partial charge in [-0.3, -0.25) is 4.18 Å². The molecule has 70 valence electrons. The third-order valence-corrected chi connectivity index (χ3v) is 2.76. The maximum absolute atomic E-state index is 10.8. The topological polar surface area (TPSA) is 55.4 Å². The van der Waals surface area contributed by atoms with Gasteiger partial charge in [0.1, 0.15) is 0 Å². The van der Waals surface area contributed by atoms with E-state index in [4.69, 9.17) is 0 Å². The van der Waals surface area contributed by atoms with E-state index >= 15 is 0 Å². The standard InChI is InChI=1S/C7H13NO3S/c1-11-12(9,10)6-4-7-3-2-5-8-7/h4,6-8H,2-3,5H2,1H3/b6-4+/t7-/m0/s1. The number of nitrogens with one attached hydrogen (secondary N) is 1. The van der Waals surface area contributed by atoms with Crippen molar-refractivity contribution in [2.75, 3.05) is 13.7 Å². The Bertz CT molecular complexity index is 252. The number of hydrogen-bond donors (Lipinski definition) is 1. The van der Waals surface area contributed by atoms with Gasteiger partial charge >= 0.3 is 0 Å². The van der Waals surface area contributed by atoms with E-state index < -0.39 is 10.1 Å². The lowest BCUT2D eigenvalue weighted by atomic mass is 10.2. The molecule has 1 aliphatic rings. The number of rotatable bonds is 3. The quantitative estimate of drug-likeness (QED) is 0.649. The summed E-state index contributed by atoms with van der Waals surface area (Å²) >= 11 is 0. The van der Waals surface area contributed by atoms with Gasteiger partial charge in [0.25, 0.3) is 10.1 Å². The van der Waals surface area contributed by atoms with Gasteiger partial charge in [-0.25, -0.2) is 0 Å². The molecule has 0 aromatic carbocycles. The Labute approximate surface area is 72.7 Å². The Kier molecular flexibility index (Phi) is 3.25. The third-order valence-electron chi connectivity index (χ3n) is 1.81. The van der Waals surface area contributed by atoms with Crippen LogP contribution >= 0.6 is 0 Å². The highest BCUT2D eigenvalue weighted by molar-refractivity contribution is 7.89. The first-order chi connectivity index (χ1) is 5.64. The molecule has 0 radical (unpaired) electrons. The van der Waals surface area contributed by atoms with Crippen molar-refractivity contribution in [2.45, 2.75) is 18.9 Å². The second-order valence-electron chi connectivity index (χ2n) is 2.69. The van der Waals surface area contributed by atoms with Crippen LogP contribution in [0, 0.1) is 0 Å². The molecule has 0 aliphatic carbocycles. The third kappa shape index (κ3) is 2.92. The Hall–Kier alpha value is -0.390. The first kappa shape index (κ1) is 9.70. The molecule has 0 amide bonds. The van der Waals surface area contributed by atoms with Crippen molar-refractivity contribution in [1.82, 2.24) is 5.32 Å². The Balaban J connectivity index is 2.49. The molecule has 12 heavy (non-hydrogen) atoms. The summed E-state index contributed by atoms with van der Waals surface area (Å²) < 4.78 is 25.9. The molecule has 5 heteroatoms. The molecule has 1 N–H and O–H groups in total. The summed E-state index contributed by atoms with van der Waals surface area (Å²) in [5.74, 6) is 0. The van der Waals surface area contributed by atoms with Gasteiger partial charge in [0.15, 0.2) is 0 Å². The SMILES string of the molecule is COS(=O)(=O)/C=C/[C@@H]1CCCN1. The lowest BCUT2D eigenvalue weighted by Crippen LogP contribution is -2.18. The smallest absolute Gasteiger partial charge is 0.289 e. The molecule has 0 spiro atoms. The zero-order valence-corrected chi connectivity index (χ0v) is 7.80. The molecule has 0 bridgehead atoms. The van der Waals surface area contributed by atoms with Gasteiger partial charge < -0.3 is 5.32 Å². The van der Waals surface area contributed by atoms with Crippen LogP contribution in [0.15, 0.2) is 11.5 Å². The molecular formula is C7H13NO3S. The van der Waals surface area contributed by atoms with Crippen LogP contribution < -0.4 is 5.32 Å². The second kappa shape index (κ2) is 4.02. The van der Waals surface area contributed by atoms with E-state index in [0.717, 1.165) is 31.9 Å². The van der Waals surface area contributed by atoms with Crippen molar-refractivity contribution in [2.24, 2.45) is 0 Å². The van der Waals surface area contributed by atoms with Gasteiger partial charge in [0, 0.05) is 6.04 Å². The highest BCUT2D eigenvalue weighted by atomic mass is 32.2. The minimum atomic E-state index is -3.43. The molecule has 0 saturated carbocycles. The minimum absolute atomic E-state index is 0.190. The Morgan fingerprint density at radius 2 is 2.33 bits per heavy atom. The van der Waals surface area contributed by atoms with Crippen molar-refractivity contribution in [3.63, 3.8) is 0 Å². The molecule has 1 atom stereocenters. The van der Waals surface area contributed by atoms with E-state index in [2.05, 4.69) is 9.50 Å². The molecule has 4 nitrogen and oxygen atoms in total. The van der Waals surface area contributed by atoms with Crippen LogP contribution in [0.5, 0.6) is 0 Å². The predicted octanol–water partition coefficient (Wildman–Crippen LogP) is 0.228. The van der Waals surface area contributed by atoms with Gasteiger partial charge in [0.2, 0.25) is 0 Å². The maximum atomic E-state index is 10.8. The van der Waals surface area contributed by atoms with Gasteiger partial charge in [-0.05, 0) is 19.4 Å². The lowest BCUT2D eigenvalue weighted by molar-refractivity contribution is 0.406. The molecule has 0 aromatic heterocycles. The summed E-state index contributed by atoms with van der Waals surface area (Å²) in [6, 6.07) is 0.190. The van der Waals surface area contributed by atoms with Crippen molar-refractivity contribution in [3.05, 3.63) is 11.5 Å². The molecule has 1 aliphatic heterocycles. The highest BCUT2D eigenvalue weighted by Crippen LogP contribution is 2.06. The van der Waals surface area contributed by atoms with Crippen molar-refractivity contribution in [3.8, 4) is 0 Å². The molecule has 0 unspecified atom stereocenters. The van der Waals surface area contributed by atoms with Crippen LogP contribution in [0.3, 0.4) is 0 Å². The summed E-state index contributed by atoms with van der Waals surface area (Å²) in [6.45, 7) is 0.960. The van der Waals surface area contributed by atoms with Crippen molar-refractivity contribution >= 4 is 10.1 Å². The normalized spacial score (nSPS) is 25.2. The van der Waals surface area contributed by atoms with Crippen LogP contribution in [-0.2, 0) is 14.3 Å². The summed E-state index contributed by atoms with van der Waals surface area (Å²) in [7, 11) is -2.27. The van der Waals surface area contributed by atoms with Gasteiger partial charge in [-0.2, -0.15) is 8.42 Å². The maximum Gasteiger partial charge on any atom is 0.289 e. The van der Waals surface area contributed by atoms with Crippen LogP contribution in [0.25, 0.3) is 0 Å². The van der Waals surface area contributed by atoms with Crippen molar-refractivity contribution in [1.29, 1.82) is 0 Å². The van der Waals surface area contributed by atoms with Crippen LogP contribution in [0.1, 0.15) is 12.8 Å². The van der Waals surface area contributed by atoms with Crippen molar-refractivity contribution < 1.29 is 12.6 Å². The fourth-order valence-electron chi connectivity index (χ4n) is 1.12. The first-order valence-electron chi connectivity index (χ1n) is 3.86. The zero-order valence-electron chi connectivity index (χ0n) is 6.99. The van der Waals surface area contributed by atoms with Gasteiger partial charge in [0.05, 0.1) is 12.5 Å². The van der Waals surface area contributed by atoms with Crippen LogP contribution in [0.2, 0.25) is 0 Å². The van der Waals surface area contributed by atoms with Gasteiger partial charge in [-0.1, -0.05) is 6.08 Å². The summed E-state index contributed by atoms with van der Waals surface area (Å²) in [5, 5.41) is 4.25. The summed E-state index contributed by atoms with van der Waals surface area (Å²) in [6.07, 6.45) is 3.73. The van der Waals surface area contributed by atoms with E-state index in [0.29, 0.717) is 0 Å². The minimum Gasteiger partial charge on any atom is -0.310 e. The fourth-order valence-corrected chi connectivity index (χ4v) is 1.62. The second-order valence-corrected chi connectivity index (χ2v) is 4.28. The monoisotopic (exact) mass is 191 g/mol. The Morgan fingerprint density at radius 1 is 1.58 bits per heavy atom. The molecule has 1 saturated heterocycles. The first-order valence-corrected chi connectivity index (χ1v) is 5.33. The molecule has 1 fully saturated rings. The summed E-state index contributed by atoms with van der Waals surface area (Å²) in [5.41, 5.74) is 0. The van der Waals surface area contributed by atoms with Gasteiger partial charge in [-0.15, -0.1) is 0 Å². The largest absolute Gasteiger partial charge is 0.310 e. The van der Waals surface area contributed by atoms with Crippen LogP contribution in [-0.4, -0.2) is 28.1 Å². The number of hydrogen-bond acceptors (Lipinski definition) is 4. The average Bonchev–Trinajstić information content (AvgIpc) is 2.53. The van der Waals surface area contributed by atoms with E-state index in [1.807, 2.05) is 0 Å². The van der Waals surface area contributed by atoms with E-state index in [1.165, 1.54) is 0 Å². The molecular weight excluding hydrogens is 178 g/mol. The lowest BCUT2D eigenvalue weighted by Gasteiger charge is -2.01. The molecule has 1 rings (SSSR count). The highest BCUT2D eigenvalue weighted by Gasteiger charge is 2.11. The molecule has 1 heterocycles. The Morgan fingerprint density at radius 3 is 2.83 bits per heavy atom. The fraction of sp³-hybridized carbons (Fsp3) is 0.714. The van der Waals surface area contributed by atoms with E-state index in [9.17, 15) is 8.42 Å². The zero-order chi connectivity index (χ0) is 9.03. The molecule has 0 aromatic rings. The van der Waals surface area contributed by atoms with Crippen LogP contribution in [0.4, 0.5) is 0 Å². The predicted molar refractivity (Wildman–Crippen MR) is 46.1 cm³/mol. The summed E-state index contributed by atoms with van der Waals surface area (Å²) in [4.78, 5) is 0. The van der Waals surface area contributed by atoms with E-state index in [1.54, 1.807) is 6.08 Å².